The van der Waals surface area contributed by atoms with Crippen LogP contribution in [0.25, 0.3) is 10.2 Å². The summed E-state index contributed by atoms with van der Waals surface area (Å²) >= 11 is 1.84. The fraction of sp³-hybridized carbons (Fsp3) is 0.588. The maximum atomic E-state index is 4.85. The van der Waals surface area contributed by atoms with Crippen LogP contribution in [-0.4, -0.2) is 35.1 Å². The lowest BCUT2D eigenvalue weighted by molar-refractivity contribution is 0.149. The number of thiazole rings is 1. The highest BCUT2D eigenvalue weighted by Gasteiger charge is 2.26. The summed E-state index contributed by atoms with van der Waals surface area (Å²) in [5.41, 5.74) is 1.13. The minimum Gasteiger partial charge on any atom is -0.313 e. The van der Waals surface area contributed by atoms with Crippen LogP contribution in [-0.2, 0) is 0 Å². The molecule has 0 amide bonds. The summed E-state index contributed by atoms with van der Waals surface area (Å²) in [6.07, 6.45) is 2.61. The summed E-state index contributed by atoms with van der Waals surface area (Å²) in [6, 6.07) is 10.0. The van der Waals surface area contributed by atoms with Crippen molar-refractivity contribution in [1.82, 2.24) is 15.2 Å². The molecular formula is C17H25N3S. The van der Waals surface area contributed by atoms with Crippen molar-refractivity contribution in [3.05, 3.63) is 29.3 Å². The van der Waals surface area contributed by atoms with Gasteiger partial charge < -0.3 is 5.32 Å². The molecular weight excluding hydrogens is 278 g/mol. The van der Waals surface area contributed by atoms with E-state index in [9.17, 15) is 0 Å². The molecule has 1 N–H and O–H groups in total. The van der Waals surface area contributed by atoms with Crippen molar-refractivity contribution < 1.29 is 0 Å². The monoisotopic (exact) mass is 303 g/mol. The molecule has 1 aliphatic heterocycles. The van der Waals surface area contributed by atoms with Crippen LogP contribution in [0.2, 0.25) is 0 Å². The number of benzene rings is 1. The van der Waals surface area contributed by atoms with Crippen LogP contribution in [0, 0.1) is 0 Å². The van der Waals surface area contributed by atoms with E-state index in [2.05, 4.69) is 55.3 Å². The third-order valence-electron chi connectivity index (χ3n) is 4.42. The quantitative estimate of drug-likeness (QED) is 0.910. The molecule has 0 aliphatic carbocycles. The molecule has 0 spiro atoms. The van der Waals surface area contributed by atoms with Crippen molar-refractivity contribution in [3.63, 3.8) is 0 Å². The molecule has 2 unspecified atom stereocenters. The third-order valence-corrected chi connectivity index (χ3v) is 5.63. The molecule has 1 aliphatic rings. The number of hydrogen-bond acceptors (Lipinski definition) is 4. The van der Waals surface area contributed by atoms with Crippen LogP contribution in [0.3, 0.4) is 0 Å². The van der Waals surface area contributed by atoms with Crippen LogP contribution in [0.5, 0.6) is 0 Å². The summed E-state index contributed by atoms with van der Waals surface area (Å²) in [7, 11) is 0. The van der Waals surface area contributed by atoms with E-state index in [4.69, 9.17) is 4.98 Å². The Morgan fingerprint density at radius 3 is 2.81 bits per heavy atom. The van der Waals surface area contributed by atoms with Crippen LogP contribution < -0.4 is 5.32 Å². The fourth-order valence-corrected chi connectivity index (χ4v) is 4.23. The van der Waals surface area contributed by atoms with Gasteiger partial charge in [0.15, 0.2) is 0 Å². The molecule has 1 fully saturated rings. The van der Waals surface area contributed by atoms with Crippen LogP contribution in [0.1, 0.15) is 44.7 Å². The van der Waals surface area contributed by atoms with Gasteiger partial charge in [0.2, 0.25) is 0 Å². The third kappa shape index (κ3) is 3.28. The number of nitrogens with zero attached hydrogens (tertiary/aromatic N) is 2. The minimum absolute atomic E-state index is 0.379. The van der Waals surface area contributed by atoms with Gasteiger partial charge in [-0.2, -0.15) is 0 Å². The standard InChI is InChI=1S/C17H25N3S/c1-12(2)20(11-14-7-6-10-18-14)13(3)17-19-15-8-4-5-9-16(15)21-17/h4-5,8-9,12-14,18H,6-7,10-11H2,1-3H3. The highest BCUT2D eigenvalue weighted by Crippen LogP contribution is 2.30. The van der Waals surface area contributed by atoms with E-state index in [0.717, 1.165) is 12.1 Å². The molecule has 4 heteroatoms. The fourth-order valence-electron chi connectivity index (χ4n) is 3.19. The maximum Gasteiger partial charge on any atom is 0.111 e. The topological polar surface area (TPSA) is 28.2 Å². The van der Waals surface area contributed by atoms with Crippen LogP contribution in [0.4, 0.5) is 0 Å². The first-order valence-electron chi connectivity index (χ1n) is 7.99. The van der Waals surface area contributed by atoms with Gasteiger partial charge in [0.05, 0.1) is 16.3 Å². The Balaban J connectivity index is 1.80. The van der Waals surface area contributed by atoms with Gasteiger partial charge in [-0.25, -0.2) is 4.98 Å². The SMILES string of the molecule is CC(C)N(CC1CCCN1)C(C)c1nc2ccccc2s1. The first-order chi connectivity index (χ1) is 10.1. The van der Waals surface area contributed by atoms with Crippen LogP contribution >= 0.6 is 11.3 Å². The predicted octanol–water partition coefficient (Wildman–Crippen LogP) is 3.82. The van der Waals surface area contributed by atoms with Gasteiger partial charge in [-0.3, -0.25) is 4.90 Å². The molecule has 2 atom stereocenters. The van der Waals surface area contributed by atoms with E-state index in [0.29, 0.717) is 18.1 Å². The van der Waals surface area contributed by atoms with Gasteiger partial charge >= 0.3 is 0 Å². The van der Waals surface area contributed by atoms with Crippen molar-refractivity contribution in [2.75, 3.05) is 13.1 Å². The van der Waals surface area contributed by atoms with E-state index in [1.165, 1.54) is 29.1 Å². The molecule has 0 radical (unpaired) electrons. The second kappa shape index (κ2) is 6.42. The molecule has 21 heavy (non-hydrogen) atoms. The average Bonchev–Trinajstić information content (AvgIpc) is 3.12. The summed E-state index contributed by atoms with van der Waals surface area (Å²) in [5, 5.41) is 4.85. The highest BCUT2D eigenvalue weighted by atomic mass is 32.1. The van der Waals surface area contributed by atoms with Gasteiger partial charge in [0.1, 0.15) is 5.01 Å². The maximum absolute atomic E-state index is 4.85. The summed E-state index contributed by atoms with van der Waals surface area (Å²) in [6.45, 7) is 9.17. The van der Waals surface area contributed by atoms with Crippen molar-refractivity contribution in [2.45, 2.75) is 51.7 Å². The Labute approximate surface area is 131 Å². The zero-order chi connectivity index (χ0) is 14.8. The van der Waals surface area contributed by atoms with Crippen molar-refractivity contribution >= 4 is 21.6 Å². The van der Waals surface area contributed by atoms with E-state index in [1.54, 1.807) is 0 Å². The molecule has 1 aromatic carbocycles. The predicted molar refractivity (Wildman–Crippen MR) is 90.9 cm³/mol. The first kappa shape index (κ1) is 14.9. The molecule has 1 aromatic heterocycles. The highest BCUT2D eigenvalue weighted by molar-refractivity contribution is 7.18. The lowest BCUT2D eigenvalue weighted by atomic mass is 10.1. The number of rotatable bonds is 5. The van der Waals surface area contributed by atoms with Crippen molar-refractivity contribution in [2.24, 2.45) is 0 Å². The average molecular weight is 303 g/mol. The summed E-state index contributed by atoms with van der Waals surface area (Å²) in [5.74, 6) is 0. The zero-order valence-electron chi connectivity index (χ0n) is 13.2. The Bertz CT molecular complexity index is 553. The van der Waals surface area contributed by atoms with E-state index in [1.807, 2.05) is 11.3 Å². The van der Waals surface area contributed by atoms with Crippen LogP contribution in [0.15, 0.2) is 24.3 Å². The first-order valence-corrected chi connectivity index (χ1v) is 8.81. The summed E-state index contributed by atoms with van der Waals surface area (Å²) in [4.78, 5) is 7.43. The molecule has 0 bridgehead atoms. The Morgan fingerprint density at radius 1 is 1.33 bits per heavy atom. The number of aromatic nitrogens is 1. The van der Waals surface area contributed by atoms with E-state index in [-0.39, 0.29) is 0 Å². The Kier molecular flexibility index (Phi) is 4.57. The van der Waals surface area contributed by atoms with Gasteiger partial charge in [-0.05, 0) is 52.3 Å². The number of nitrogens with one attached hydrogen (secondary N) is 1. The number of fused-ring (bicyclic) bond motifs is 1. The minimum atomic E-state index is 0.379. The summed E-state index contributed by atoms with van der Waals surface area (Å²) < 4.78 is 1.29. The van der Waals surface area contributed by atoms with Gasteiger partial charge in [0, 0.05) is 18.6 Å². The largest absolute Gasteiger partial charge is 0.313 e. The molecule has 2 aromatic rings. The smallest absolute Gasteiger partial charge is 0.111 e. The normalized spacial score (nSPS) is 20.7. The zero-order valence-corrected chi connectivity index (χ0v) is 14.0. The molecule has 114 valence electrons. The van der Waals surface area contributed by atoms with Gasteiger partial charge in [-0.1, -0.05) is 12.1 Å². The second-order valence-corrected chi connectivity index (χ2v) is 7.34. The van der Waals surface area contributed by atoms with Gasteiger partial charge in [0.25, 0.3) is 0 Å². The second-order valence-electron chi connectivity index (χ2n) is 6.28. The Hall–Kier alpha value is -0.970. The molecule has 0 saturated carbocycles. The van der Waals surface area contributed by atoms with E-state index >= 15 is 0 Å². The van der Waals surface area contributed by atoms with E-state index < -0.39 is 0 Å². The Morgan fingerprint density at radius 2 is 2.14 bits per heavy atom. The van der Waals surface area contributed by atoms with Crippen molar-refractivity contribution in [1.29, 1.82) is 0 Å². The lowest BCUT2D eigenvalue weighted by Gasteiger charge is -2.33. The number of para-hydroxylation sites is 1. The molecule has 1 saturated heterocycles. The van der Waals surface area contributed by atoms with Crippen molar-refractivity contribution in [3.8, 4) is 0 Å². The lowest BCUT2D eigenvalue weighted by Crippen LogP contribution is -2.42. The molecule has 3 nitrogen and oxygen atoms in total. The number of hydrogen-bond donors (Lipinski definition) is 1. The molecule has 3 rings (SSSR count). The van der Waals surface area contributed by atoms with Gasteiger partial charge in [-0.15, -0.1) is 11.3 Å². The molecule has 2 heterocycles.